The number of aromatic nitrogens is 3. The van der Waals surface area contributed by atoms with Crippen LogP contribution >= 0.6 is 0 Å². The SMILES string of the molecule is CC1=Nc2c3cccnc3nn2C(C)C1=O. The van der Waals surface area contributed by atoms with Gasteiger partial charge in [0.2, 0.25) is 5.78 Å². The third-order valence-corrected chi connectivity index (χ3v) is 2.82. The molecule has 0 radical (unpaired) electrons. The molecule has 2 aromatic heterocycles. The second-order valence-corrected chi connectivity index (χ2v) is 3.88. The molecule has 1 unspecified atom stereocenters. The lowest BCUT2D eigenvalue weighted by molar-refractivity contribution is -0.115. The Kier molecular flexibility index (Phi) is 1.71. The molecule has 0 aromatic carbocycles. The lowest BCUT2D eigenvalue weighted by Crippen LogP contribution is -2.26. The molecule has 2 aromatic rings. The predicted octanol–water partition coefficient (Wildman–Crippen LogP) is 1.67. The normalized spacial score (nSPS) is 19.8. The minimum Gasteiger partial charge on any atom is -0.290 e. The van der Waals surface area contributed by atoms with Gasteiger partial charge in [-0.3, -0.25) is 4.79 Å². The zero-order chi connectivity index (χ0) is 11.3. The lowest BCUT2D eigenvalue weighted by Gasteiger charge is -2.17. The maximum absolute atomic E-state index is 11.8. The number of nitrogens with zero attached hydrogens (tertiary/aromatic N) is 4. The second-order valence-electron chi connectivity index (χ2n) is 3.88. The summed E-state index contributed by atoms with van der Waals surface area (Å²) in [5.41, 5.74) is 1.17. The van der Waals surface area contributed by atoms with E-state index in [-0.39, 0.29) is 11.8 Å². The Labute approximate surface area is 91.8 Å². The van der Waals surface area contributed by atoms with Gasteiger partial charge in [0.15, 0.2) is 11.5 Å². The fourth-order valence-electron chi connectivity index (χ4n) is 1.93. The van der Waals surface area contributed by atoms with Gasteiger partial charge in [-0.05, 0) is 26.0 Å². The van der Waals surface area contributed by atoms with Crippen LogP contribution in [0.15, 0.2) is 23.3 Å². The zero-order valence-electron chi connectivity index (χ0n) is 9.01. The van der Waals surface area contributed by atoms with Crippen molar-refractivity contribution in [2.24, 2.45) is 4.99 Å². The van der Waals surface area contributed by atoms with E-state index in [1.54, 1.807) is 17.8 Å². The van der Waals surface area contributed by atoms with E-state index >= 15 is 0 Å². The Bertz CT molecular complexity index is 626. The summed E-state index contributed by atoms with van der Waals surface area (Å²) in [6.07, 6.45) is 1.68. The van der Waals surface area contributed by atoms with Crippen LogP contribution in [0, 0.1) is 0 Å². The maximum Gasteiger partial charge on any atom is 0.201 e. The van der Waals surface area contributed by atoms with E-state index in [9.17, 15) is 4.79 Å². The highest BCUT2D eigenvalue weighted by molar-refractivity contribution is 6.41. The number of fused-ring (bicyclic) bond motifs is 3. The molecule has 0 saturated carbocycles. The number of Topliss-reactive ketones (excluding diaryl/α,β-unsaturated/α-hetero) is 1. The van der Waals surface area contributed by atoms with Crippen molar-refractivity contribution < 1.29 is 4.79 Å². The Morgan fingerprint density at radius 1 is 1.44 bits per heavy atom. The smallest absolute Gasteiger partial charge is 0.201 e. The van der Waals surface area contributed by atoms with Crippen LogP contribution in [0.4, 0.5) is 5.82 Å². The molecule has 16 heavy (non-hydrogen) atoms. The Morgan fingerprint density at radius 3 is 3.06 bits per heavy atom. The molecule has 5 nitrogen and oxygen atoms in total. The first-order valence-corrected chi connectivity index (χ1v) is 5.11. The van der Waals surface area contributed by atoms with Crippen molar-refractivity contribution in [1.29, 1.82) is 0 Å². The molecule has 0 aliphatic carbocycles. The highest BCUT2D eigenvalue weighted by Crippen LogP contribution is 2.31. The van der Waals surface area contributed by atoms with Gasteiger partial charge in [0.05, 0.1) is 11.1 Å². The first-order valence-electron chi connectivity index (χ1n) is 5.11. The number of rotatable bonds is 0. The van der Waals surface area contributed by atoms with Gasteiger partial charge >= 0.3 is 0 Å². The average molecular weight is 214 g/mol. The first-order chi connectivity index (χ1) is 7.68. The Hall–Kier alpha value is -2.04. The van der Waals surface area contributed by atoms with Crippen molar-refractivity contribution in [3.05, 3.63) is 18.3 Å². The Balaban J connectivity index is 2.39. The Morgan fingerprint density at radius 2 is 2.25 bits per heavy atom. The topological polar surface area (TPSA) is 60.1 Å². The van der Waals surface area contributed by atoms with Crippen molar-refractivity contribution in [2.75, 3.05) is 0 Å². The van der Waals surface area contributed by atoms with Crippen LogP contribution in [-0.4, -0.2) is 26.3 Å². The van der Waals surface area contributed by atoms with E-state index < -0.39 is 0 Å². The number of pyridine rings is 1. The summed E-state index contributed by atoms with van der Waals surface area (Å²) in [7, 11) is 0. The molecule has 0 fully saturated rings. The van der Waals surface area contributed by atoms with Gasteiger partial charge in [-0.15, -0.1) is 5.10 Å². The van der Waals surface area contributed by atoms with Gasteiger partial charge in [0.1, 0.15) is 6.04 Å². The molecular formula is C11H10N4O. The van der Waals surface area contributed by atoms with Crippen LogP contribution in [0.3, 0.4) is 0 Å². The number of carbonyl (C=O) groups is 1. The fraction of sp³-hybridized carbons (Fsp3) is 0.273. The van der Waals surface area contributed by atoms with Gasteiger partial charge in [-0.1, -0.05) is 0 Å². The summed E-state index contributed by atoms with van der Waals surface area (Å²) in [6.45, 7) is 3.56. The van der Waals surface area contributed by atoms with E-state index in [0.29, 0.717) is 11.4 Å². The van der Waals surface area contributed by atoms with Gasteiger partial charge in [-0.25, -0.2) is 14.7 Å². The quantitative estimate of drug-likeness (QED) is 0.670. The summed E-state index contributed by atoms with van der Waals surface area (Å²) >= 11 is 0. The number of carbonyl (C=O) groups excluding carboxylic acids is 1. The van der Waals surface area contributed by atoms with Crippen LogP contribution in [0.2, 0.25) is 0 Å². The van der Waals surface area contributed by atoms with Crippen LogP contribution in [0.25, 0.3) is 11.0 Å². The molecule has 0 bridgehead atoms. The molecule has 0 amide bonds. The standard InChI is InChI=1S/C11H10N4O/c1-6-9(16)7(2)15-11(13-6)8-4-3-5-12-10(8)14-15/h3-5,7H,1-2H3. The number of hydrogen-bond acceptors (Lipinski definition) is 4. The molecule has 0 saturated heterocycles. The largest absolute Gasteiger partial charge is 0.290 e. The zero-order valence-corrected chi connectivity index (χ0v) is 9.01. The van der Waals surface area contributed by atoms with E-state index in [1.807, 2.05) is 19.1 Å². The minimum atomic E-state index is -0.290. The number of ketones is 1. The molecule has 1 aliphatic heterocycles. The van der Waals surface area contributed by atoms with Crippen molar-refractivity contribution in [1.82, 2.24) is 14.8 Å². The third kappa shape index (κ3) is 1.05. The van der Waals surface area contributed by atoms with Crippen molar-refractivity contribution in [3.63, 3.8) is 0 Å². The highest BCUT2D eigenvalue weighted by Gasteiger charge is 2.27. The summed E-state index contributed by atoms with van der Waals surface area (Å²) in [6, 6.07) is 3.47. The maximum atomic E-state index is 11.8. The summed E-state index contributed by atoms with van der Waals surface area (Å²) in [5, 5.41) is 5.19. The fourth-order valence-corrected chi connectivity index (χ4v) is 1.93. The number of aliphatic imine (C=N–C) groups is 1. The lowest BCUT2D eigenvalue weighted by atomic mass is 10.1. The van der Waals surface area contributed by atoms with Crippen molar-refractivity contribution in [3.8, 4) is 0 Å². The van der Waals surface area contributed by atoms with E-state index in [4.69, 9.17) is 0 Å². The minimum absolute atomic E-state index is 0.0142. The third-order valence-electron chi connectivity index (χ3n) is 2.82. The van der Waals surface area contributed by atoms with E-state index in [2.05, 4.69) is 15.1 Å². The highest BCUT2D eigenvalue weighted by atomic mass is 16.1. The van der Waals surface area contributed by atoms with Crippen molar-refractivity contribution >= 4 is 28.3 Å². The second kappa shape index (κ2) is 2.98. The van der Waals surface area contributed by atoms with Crippen LogP contribution in [-0.2, 0) is 4.79 Å². The molecule has 5 heteroatoms. The van der Waals surface area contributed by atoms with Crippen LogP contribution in [0.5, 0.6) is 0 Å². The van der Waals surface area contributed by atoms with E-state index in [1.165, 1.54) is 0 Å². The molecule has 3 rings (SSSR count). The van der Waals surface area contributed by atoms with Gasteiger partial charge in [-0.2, -0.15) is 0 Å². The molecule has 0 spiro atoms. The van der Waals surface area contributed by atoms with Crippen LogP contribution < -0.4 is 0 Å². The summed E-state index contributed by atoms with van der Waals surface area (Å²) in [5.74, 6) is 0.744. The monoisotopic (exact) mass is 214 g/mol. The summed E-state index contributed by atoms with van der Waals surface area (Å²) < 4.78 is 1.65. The van der Waals surface area contributed by atoms with Crippen LogP contribution in [0.1, 0.15) is 19.9 Å². The van der Waals surface area contributed by atoms with E-state index in [0.717, 1.165) is 11.2 Å². The summed E-state index contributed by atoms with van der Waals surface area (Å²) in [4.78, 5) is 20.2. The average Bonchev–Trinajstić information content (AvgIpc) is 2.65. The van der Waals surface area contributed by atoms with Gasteiger partial charge < -0.3 is 0 Å². The number of hydrogen-bond donors (Lipinski definition) is 0. The molecule has 0 N–H and O–H groups in total. The molecule has 3 heterocycles. The molecule has 1 atom stereocenters. The predicted molar refractivity (Wildman–Crippen MR) is 60.0 cm³/mol. The first kappa shape index (κ1) is 9.21. The molecule has 80 valence electrons. The molecular weight excluding hydrogens is 204 g/mol. The van der Waals surface area contributed by atoms with Gasteiger partial charge in [0, 0.05) is 6.20 Å². The molecule has 1 aliphatic rings. The van der Waals surface area contributed by atoms with Gasteiger partial charge in [0.25, 0.3) is 0 Å². The van der Waals surface area contributed by atoms with Crippen molar-refractivity contribution in [2.45, 2.75) is 19.9 Å².